The Hall–Kier alpha value is -3.83. The number of amides is 2. The summed E-state index contributed by atoms with van der Waals surface area (Å²) >= 11 is 3.02. The van der Waals surface area contributed by atoms with Crippen molar-refractivity contribution in [3.05, 3.63) is 76.4 Å². The van der Waals surface area contributed by atoms with Gasteiger partial charge in [0.25, 0.3) is 5.56 Å². The van der Waals surface area contributed by atoms with Crippen molar-refractivity contribution in [1.82, 2.24) is 14.5 Å². The predicted octanol–water partition coefficient (Wildman–Crippen LogP) is 5.15. The molecule has 0 atom stereocenters. The Kier molecular flexibility index (Phi) is 5.95. The number of nitrogens with zero attached hydrogens (tertiary/aromatic N) is 3. The van der Waals surface area contributed by atoms with Crippen molar-refractivity contribution in [2.45, 2.75) is 17.0 Å². The third kappa shape index (κ3) is 4.75. The van der Waals surface area contributed by atoms with Crippen LogP contribution in [0, 0.1) is 6.92 Å². The molecule has 34 heavy (non-hydrogen) atoms. The van der Waals surface area contributed by atoms with Crippen molar-refractivity contribution in [2.75, 3.05) is 17.7 Å². The summed E-state index contributed by atoms with van der Waals surface area (Å²) in [7, 11) is 1.59. The first-order valence-corrected chi connectivity index (χ1v) is 12.0. The second-order valence-corrected chi connectivity index (χ2v) is 9.60. The lowest BCUT2D eigenvalue weighted by Gasteiger charge is -2.08. The van der Waals surface area contributed by atoms with Crippen LogP contribution in [0.2, 0.25) is 0 Å². The summed E-state index contributed by atoms with van der Waals surface area (Å²) in [5.41, 5.74) is 3.06. The van der Waals surface area contributed by atoms with Crippen LogP contribution >= 0.6 is 23.1 Å². The summed E-state index contributed by atoms with van der Waals surface area (Å²) in [5, 5.41) is 5.63. The molecule has 0 unspecified atom stereocenters. The van der Waals surface area contributed by atoms with Crippen LogP contribution in [-0.2, 0) is 5.75 Å². The highest BCUT2D eigenvalue weighted by Gasteiger charge is 2.11. The van der Waals surface area contributed by atoms with Crippen molar-refractivity contribution in [3.8, 4) is 5.75 Å². The molecule has 2 amide bonds. The van der Waals surface area contributed by atoms with Crippen molar-refractivity contribution >= 4 is 56.4 Å². The number of carbonyl (C=O) groups excluding carboxylic acids is 1. The number of rotatable bonds is 6. The molecule has 0 aliphatic heterocycles. The summed E-state index contributed by atoms with van der Waals surface area (Å²) in [5.74, 6) is 1.85. The monoisotopic (exact) mass is 493 g/mol. The maximum Gasteiger partial charge on any atom is 0.323 e. The highest BCUT2D eigenvalue weighted by Crippen LogP contribution is 2.32. The Morgan fingerprint density at radius 1 is 1.09 bits per heavy atom. The van der Waals surface area contributed by atoms with Gasteiger partial charge in [-0.05, 0) is 49.4 Å². The Morgan fingerprint density at radius 2 is 1.85 bits per heavy atom. The molecular weight excluding hydrogens is 474 g/mol. The van der Waals surface area contributed by atoms with Gasteiger partial charge in [-0.1, -0.05) is 11.8 Å². The van der Waals surface area contributed by atoms with Crippen LogP contribution in [0.5, 0.6) is 5.75 Å². The number of thioether (sulfide) groups is 1. The van der Waals surface area contributed by atoms with Gasteiger partial charge in [-0.15, -0.1) is 15.9 Å². The van der Waals surface area contributed by atoms with Crippen LogP contribution in [0.25, 0.3) is 15.9 Å². The Bertz CT molecular complexity index is 1560. The average Bonchev–Trinajstić information content (AvgIpc) is 3.40. The van der Waals surface area contributed by atoms with E-state index in [1.807, 2.05) is 18.2 Å². The molecule has 0 aliphatic rings. The zero-order chi connectivity index (χ0) is 23.7. The molecule has 5 aromatic rings. The molecule has 9 nitrogen and oxygen atoms in total. The minimum atomic E-state index is -0.342. The lowest BCUT2D eigenvalue weighted by atomic mass is 10.3. The fraction of sp³-hybridized carbons (Fsp3) is 0.130. The summed E-state index contributed by atoms with van der Waals surface area (Å²) in [6.45, 7) is 1.77. The fourth-order valence-corrected chi connectivity index (χ4v) is 5.29. The predicted molar refractivity (Wildman–Crippen MR) is 133 cm³/mol. The number of anilines is 2. The van der Waals surface area contributed by atoms with Gasteiger partial charge in [0, 0.05) is 29.3 Å². The number of nitrogens with one attached hydrogen (secondary N) is 2. The van der Waals surface area contributed by atoms with Crippen LogP contribution in [-0.4, -0.2) is 27.7 Å². The zero-order valence-corrected chi connectivity index (χ0v) is 19.8. The second kappa shape index (κ2) is 9.20. The van der Waals surface area contributed by atoms with Crippen molar-refractivity contribution in [1.29, 1.82) is 0 Å². The normalized spacial score (nSPS) is 11.1. The van der Waals surface area contributed by atoms with Gasteiger partial charge in [0.2, 0.25) is 0 Å². The molecule has 0 saturated carbocycles. The van der Waals surface area contributed by atoms with Gasteiger partial charge in [0.15, 0.2) is 9.99 Å². The quantitative estimate of drug-likeness (QED) is 0.315. The number of benzene rings is 2. The summed E-state index contributed by atoms with van der Waals surface area (Å²) in [6.07, 6.45) is 0. The lowest BCUT2D eigenvalue weighted by molar-refractivity contribution is 0.262. The Balaban J connectivity index is 1.25. The number of fused-ring (bicyclic) bond motifs is 2. The van der Waals surface area contributed by atoms with E-state index >= 15 is 0 Å². The van der Waals surface area contributed by atoms with E-state index in [9.17, 15) is 9.59 Å². The molecule has 3 aromatic heterocycles. The number of urea groups is 1. The van der Waals surface area contributed by atoms with Crippen LogP contribution in [0.15, 0.2) is 68.3 Å². The SMILES string of the molecule is COc1ccc(NC(=O)Nc2ccc3nc(SCc4cc(=O)n5oc(C)cc5n4)sc3c2)cc1. The van der Waals surface area contributed by atoms with E-state index in [0.29, 0.717) is 34.2 Å². The molecule has 0 fully saturated rings. The third-order valence-corrected chi connectivity index (χ3v) is 7.04. The number of aromatic nitrogens is 3. The van der Waals surface area contributed by atoms with E-state index in [1.165, 1.54) is 33.7 Å². The molecule has 11 heteroatoms. The van der Waals surface area contributed by atoms with Gasteiger partial charge in [-0.2, -0.15) is 0 Å². The largest absolute Gasteiger partial charge is 0.497 e. The molecule has 172 valence electrons. The summed E-state index contributed by atoms with van der Waals surface area (Å²) < 4.78 is 13.4. The van der Waals surface area contributed by atoms with E-state index in [-0.39, 0.29) is 11.6 Å². The topological polar surface area (TPSA) is 111 Å². The van der Waals surface area contributed by atoms with Gasteiger partial charge >= 0.3 is 6.03 Å². The molecule has 0 saturated heterocycles. The molecule has 5 rings (SSSR count). The maximum absolute atomic E-state index is 12.3. The minimum absolute atomic E-state index is 0.248. The fourth-order valence-electron chi connectivity index (χ4n) is 3.29. The van der Waals surface area contributed by atoms with E-state index in [1.54, 1.807) is 44.4 Å². The highest BCUT2D eigenvalue weighted by molar-refractivity contribution is 8.00. The van der Waals surface area contributed by atoms with Crippen molar-refractivity contribution < 1.29 is 14.1 Å². The number of ether oxygens (including phenoxy) is 1. The number of hydrogen-bond donors (Lipinski definition) is 2. The standard InChI is InChI=1S/C23H19N5O4S2/c1-13-9-20-24-16(11-21(29)28(20)32-13)12-33-23-27-18-8-5-15(10-19(18)34-23)26-22(30)25-14-3-6-17(31-2)7-4-14/h3-11H,12H2,1-2H3,(H2,25,26,30). The van der Waals surface area contributed by atoms with E-state index in [2.05, 4.69) is 20.6 Å². The van der Waals surface area contributed by atoms with Gasteiger partial charge in [-0.3, -0.25) is 4.79 Å². The van der Waals surface area contributed by atoms with E-state index in [4.69, 9.17) is 9.26 Å². The maximum atomic E-state index is 12.3. The Morgan fingerprint density at radius 3 is 2.65 bits per heavy atom. The molecular formula is C23H19N5O4S2. The number of hydrogen-bond acceptors (Lipinski definition) is 8. The molecule has 0 aliphatic carbocycles. The Labute approximate surface area is 201 Å². The van der Waals surface area contributed by atoms with Gasteiger partial charge in [0.1, 0.15) is 11.5 Å². The average molecular weight is 494 g/mol. The van der Waals surface area contributed by atoms with Gasteiger partial charge < -0.3 is 19.9 Å². The smallest absolute Gasteiger partial charge is 0.323 e. The first-order chi connectivity index (χ1) is 16.5. The van der Waals surface area contributed by atoms with Gasteiger partial charge in [-0.25, -0.2) is 14.8 Å². The lowest BCUT2D eigenvalue weighted by Crippen LogP contribution is -2.19. The summed E-state index contributed by atoms with van der Waals surface area (Å²) in [6, 6.07) is 15.5. The van der Waals surface area contributed by atoms with Crippen LogP contribution in [0.3, 0.4) is 0 Å². The highest BCUT2D eigenvalue weighted by atomic mass is 32.2. The van der Waals surface area contributed by atoms with E-state index < -0.39 is 0 Å². The molecule has 3 heterocycles. The van der Waals surface area contributed by atoms with Crippen LogP contribution < -0.4 is 20.9 Å². The molecule has 2 aromatic carbocycles. The second-order valence-electron chi connectivity index (χ2n) is 7.34. The molecule has 0 bridgehead atoms. The molecule has 0 spiro atoms. The molecule has 0 radical (unpaired) electrons. The van der Waals surface area contributed by atoms with Crippen LogP contribution in [0.4, 0.5) is 16.2 Å². The molecule has 2 N–H and O–H groups in total. The summed E-state index contributed by atoms with van der Waals surface area (Å²) in [4.78, 5) is 33.7. The van der Waals surface area contributed by atoms with Crippen LogP contribution in [0.1, 0.15) is 11.5 Å². The zero-order valence-electron chi connectivity index (χ0n) is 18.2. The van der Waals surface area contributed by atoms with Gasteiger partial charge in [0.05, 0.1) is 23.0 Å². The number of carbonyl (C=O) groups is 1. The van der Waals surface area contributed by atoms with Crippen molar-refractivity contribution in [3.63, 3.8) is 0 Å². The number of methoxy groups -OCH3 is 1. The minimum Gasteiger partial charge on any atom is -0.497 e. The first kappa shape index (κ1) is 22.0. The van der Waals surface area contributed by atoms with E-state index in [0.717, 1.165) is 20.3 Å². The van der Waals surface area contributed by atoms with Crippen molar-refractivity contribution in [2.24, 2.45) is 0 Å². The third-order valence-electron chi connectivity index (χ3n) is 4.84. The number of aryl methyl sites for hydroxylation is 1. The first-order valence-electron chi connectivity index (χ1n) is 10.2. The number of thiazole rings is 1.